The Kier molecular flexibility index (Phi) is 7.33. The summed E-state index contributed by atoms with van der Waals surface area (Å²) in [5.41, 5.74) is 0. The van der Waals surface area contributed by atoms with E-state index in [0.29, 0.717) is 24.0 Å². The molecule has 3 atom stereocenters. The van der Waals surface area contributed by atoms with E-state index >= 15 is 0 Å². The van der Waals surface area contributed by atoms with Gasteiger partial charge in [-0.15, -0.1) is 0 Å². The van der Waals surface area contributed by atoms with E-state index in [1.807, 2.05) is 11.8 Å². The fourth-order valence-corrected chi connectivity index (χ4v) is 4.72. The fourth-order valence-electron chi connectivity index (χ4n) is 3.77. The predicted octanol–water partition coefficient (Wildman–Crippen LogP) is 3.21. The van der Waals surface area contributed by atoms with Crippen LogP contribution in [0.25, 0.3) is 0 Å². The molecular formula is C17H33NO2S. The summed E-state index contributed by atoms with van der Waals surface area (Å²) in [6.45, 7) is 4.46. The summed E-state index contributed by atoms with van der Waals surface area (Å²) < 4.78 is 6.31. The highest BCUT2D eigenvalue weighted by Crippen LogP contribution is 2.39. The molecule has 2 saturated carbocycles. The van der Waals surface area contributed by atoms with Crippen molar-refractivity contribution in [2.24, 2.45) is 5.92 Å². The van der Waals surface area contributed by atoms with E-state index in [9.17, 15) is 5.11 Å². The van der Waals surface area contributed by atoms with Crippen LogP contribution in [0, 0.1) is 5.92 Å². The molecule has 0 aromatic heterocycles. The Balaban J connectivity index is 1.58. The highest BCUT2D eigenvalue weighted by molar-refractivity contribution is 8.00. The van der Waals surface area contributed by atoms with E-state index in [4.69, 9.17) is 4.74 Å². The Morgan fingerprint density at radius 1 is 1.29 bits per heavy atom. The molecule has 0 radical (unpaired) electrons. The summed E-state index contributed by atoms with van der Waals surface area (Å²) in [7, 11) is 0. The van der Waals surface area contributed by atoms with Gasteiger partial charge in [0, 0.05) is 17.8 Å². The number of ether oxygens (including phenoxy) is 1. The largest absolute Gasteiger partial charge is 0.389 e. The number of aliphatic hydroxyl groups is 1. The lowest BCUT2D eigenvalue weighted by atomic mass is 9.89. The second-order valence-corrected chi connectivity index (χ2v) is 8.38. The number of hydrogen-bond acceptors (Lipinski definition) is 4. The van der Waals surface area contributed by atoms with Crippen LogP contribution in [0.1, 0.15) is 58.3 Å². The van der Waals surface area contributed by atoms with Gasteiger partial charge in [0.2, 0.25) is 0 Å². The third-order valence-electron chi connectivity index (χ3n) is 5.19. The van der Waals surface area contributed by atoms with Crippen molar-refractivity contribution in [3.05, 3.63) is 0 Å². The molecule has 4 heteroatoms. The molecule has 2 N–H and O–H groups in total. The summed E-state index contributed by atoms with van der Waals surface area (Å²) in [4.78, 5) is 0. The van der Waals surface area contributed by atoms with Crippen molar-refractivity contribution in [2.45, 2.75) is 75.2 Å². The van der Waals surface area contributed by atoms with Crippen molar-refractivity contribution >= 4 is 11.8 Å². The molecule has 0 aromatic carbocycles. The number of rotatable bonds is 8. The molecule has 2 aliphatic rings. The number of hydrogen-bond donors (Lipinski definition) is 2. The second-order valence-electron chi connectivity index (χ2n) is 7.11. The monoisotopic (exact) mass is 315 g/mol. The highest BCUT2D eigenvalue weighted by atomic mass is 32.2. The van der Waals surface area contributed by atoms with E-state index in [2.05, 4.69) is 18.5 Å². The van der Waals surface area contributed by atoms with Gasteiger partial charge >= 0.3 is 0 Å². The second kappa shape index (κ2) is 8.76. The lowest BCUT2D eigenvalue weighted by Gasteiger charge is -2.29. The van der Waals surface area contributed by atoms with Crippen molar-refractivity contribution in [3.63, 3.8) is 0 Å². The molecule has 0 heterocycles. The fraction of sp³-hybridized carbons (Fsp3) is 1.00. The van der Waals surface area contributed by atoms with Crippen LogP contribution in [0.15, 0.2) is 0 Å². The van der Waals surface area contributed by atoms with Gasteiger partial charge in [-0.1, -0.05) is 32.6 Å². The van der Waals surface area contributed by atoms with Crippen LogP contribution in [-0.2, 0) is 4.74 Å². The maximum atomic E-state index is 10.1. The minimum atomic E-state index is -0.373. The molecule has 0 saturated heterocycles. The van der Waals surface area contributed by atoms with Gasteiger partial charge in [0.25, 0.3) is 0 Å². The minimum absolute atomic E-state index is 0.371. The van der Waals surface area contributed by atoms with Gasteiger partial charge in [-0.05, 0) is 37.9 Å². The van der Waals surface area contributed by atoms with E-state index in [0.717, 1.165) is 18.9 Å². The third kappa shape index (κ3) is 5.74. The number of thioether (sulfide) groups is 1. The first-order valence-corrected chi connectivity index (χ1v) is 9.91. The highest BCUT2D eigenvalue weighted by Gasteiger charge is 2.32. The zero-order valence-electron chi connectivity index (χ0n) is 13.8. The molecular weight excluding hydrogens is 282 g/mol. The average molecular weight is 316 g/mol. The summed E-state index contributed by atoms with van der Waals surface area (Å²) in [6, 6.07) is 0. The quantitative estimate of drug-likeness (QED) is 0.722. The van der Waals surface area contributed by atoms with Crippen molar-refractivity contribution in [2.75, 3.05) is 26.0 Å². The Morgan fingerprint density at radius 2 is 2.05 bits per heavy atom. The summed E-state index contributed by atoms with van der Waals surface area (Å²) in [5.74, 6) is 0.780. The zero-order valence-corrected chi connectivity index (χ0v) is 14.6. The van der Waals surface area contributed by atoms with Gasteiger partial charge in [0.15, 0.2) is 0 Å². The Labute approximate surface area is 134 Å². The molecule has 2 fully saturated rings. The molecule has 0 amide bonds. The van der Waals surface area contributed by atoms with Gasteiger partial charge in [0.05, 0.1) is 18.8 Å². The molecule has 0 spiro atoms. The van der Waals surface area contributed by atoms with Gasteiger partial charge in [-0.3, -0.25) is 0 Å². The van der Waals surface area contributed by atoms with Gasteiger partial charge in [-0.25, -0.2) is 0 Å². The average Bonchev–Trinajstić information content (AvgIpc) is 2.95. The van der Waals surface area contributed by atoms with E-state index in [1.54, 1.807) is 0 Å². The van der Waals surface area contributed by atoms with E-state index in [1.165, 1.54) is 44.9 Å². The number of aliphatic hydroxyl groups excluding tert-OH is 1. The minimum Gasteiger partial charge on any atom is -0.389 e. The summed E-state index contributed by atoms with van der Waals surface area (Å²) in [5, 5.41) is 13.5. The van der Waals surface area contributed by atoms with Crippen LogP contribution in [0.3, 0.4) is 0 Å². The standard InChI is InChI=1S/C17H33NO2S/c1-14-6-5-7-16(10-14)20-12-15(19)11-18-13-17(21-2)8-3-4-9-17/h14-16,18-19H,3-13H2,1-2H3. The van der Waals surface area contributed by atoms with Gasteiger partial charge < -0.3 is 15.2 Å². The molecule has 124 valence electrons. The maximum absolute atomic E-state index is 10.1. The van der Waals surface area contributed by atoms with Crippen LogP contribution in [0.4, 0.5) is 0 Å². The molecule has 0 bridgehead atoms. The molecule has 3 unspecified atom stereocenters. The first-order valence-electron chi connectivity index (χ1n) is 8.69. The van der Waals surface area contributed by atoms with E-state index in [-0.39, 0.29) is 6.10 Å². The summed E-state index contributed by atoms with van der Waals surface area (Å²) >= 11 is 1.99. The lowest BCUT2D eigenvalue weighted by Crippen LogP contribution is -2.40. The van der Waals surface area contributed by atoms with Crippen molar-refractivity contribution in [3.8, 4) is 0 Å². The van der Waals surface area contributed by atoms with Gasteiger partial charge in [-0.2, -0.15) is 11.8 Å². The van der Waals surface area contributed by atoms with Crippen molar-refractivity contribution < 1.29 is 9.84 Å². The Morgan fingerprint density at radius 3 is 2.71 bits per heavy atom. The van der Waals surface area contributed by atoms with Crippen molar-refractivity contribution in [1.29, 1.82) is 0 Å². The maximum Gasteiger partial charge on any atom is 0.0897 e. The third-order valence-corrected chi connectivity index (χ3v) is 6.61. The molecule has 21 heavy (non-hydrogen) atoms. The molecule has 3 nitrogen and oxygen atoms in total. The van der Waals surface area contributed by atoms with Crippen LogP contribution < -0.4 is 5.32 Å². The zero-order chi connectivity index (χ0) is 15.1. The lowest BCUT2D eigenvalue weighted by molar-refractivity contribution is -0.0306. The van der Waals surface area contributed by atoms with Crippen LogP contribution in [0.2, 0.25) is 0 Å². The first-order chi connectivity index (χ1) is 10.1. The smallest absolute Gasteiger partial charge is 0.0897 e. The number of nitrogens with one attached hydrogen (secondary N) is 1. The van der Waals surface area contributed by atoms with Crippen LogP contribution in [0.5, 0.6) is 0 Å². The molecule has 0 aliphatic heterocycles. The molecule has 2 aliphatic carbocycles. The van der Waals surface area contributed by atoms with Crippen LogP contribution in [-0.4, -0.2) is 48.0 Å². The molecule has 2 rings (SSSR count). The van der Waals surface area contributed by atoms with Crippen molar-refractivity contribution in [1.82, 2.24) is 5.32 Å². The Hall–Kier alpha value is 0.230. The van der Waals surface area contributed by atoms with Crippen LogP contribution >= 0.6 is 11.8 Å². The Bertz CT molecular complexity index is 295. The SMILES string of the molecule is CSC1(CNCC(O)COC2CCCC(C)C2)CCCC1. The first kappa shape index (κ1) is 17.6. The molecule has 0 aromatic rings. The van der Waals surface area contributed by atoms with E-state index < -0.39 is 0 Å². The van der Waals surface area contributed by atoms with Gasteiger partial charge in [0.1, 0.15) is 0 Å². The predicted molar refractivity (Wildman–Crippen MR) is 91.0 cm³/mol. The topological polar surface area (TPSA) is 41.5 Å². The normalized spacial score (nSPS) is 30.4. The summed E-state index contributed by atoms with van der Waals surface area (Å²) in [6.07, 6.45) is 12.5.